The van der Waals surface area contributed by atoms with Crippen molar-refractivity contribution in [2.75, 3.05) is 26.2 Å². The van der Waals surface area contributed by atoms with Gasteiger partial charge in [0.1, 0.15) is 16.5 Å². The Balaban J connectivity index is 1.61. The van der Waals surface area contributed by atoms with Crippen LogP contribution in [-0.2, 0) is 14.8 Å². The van der Waals surface area contributed by atoms with Gasteiger partial charge in [0.2, 0.25) is 10.0 Å². The Bertz CT molecular complexity index is 806. The number of nitrogens with zero attached hydrogens (tertiary/aromatic N) is 3. The van der Waals surface area contributed by atoms with Gasteiger partial charge in [-0.05, 0) is 19.3 Å². The van der Waals surface area contributed by atoms with Crippen molar-refractivity contribution in [3.05, 3.63) is 16.1 Å². The van der Waals surface area contributed by atoms with Gasteiger partial charge in [-0.15, -0.1) is 11.3 Å². The van der Waals surface area contributed by atoms with Crippen molar-refractivity contribution in [3.8, 4) is 0 Å². The van der Waals surface area contributed by atoms with E-state index in [0.29, 0.717) is 38.3 Å². The van der Waals surface area contributed by atoms with Gasteiger partial charge in [-0.1, -0.05) is 13.8 Å². The smallest absolute Gasteiger partial charge is 0.273 e. The number of rotatable bonds is 3. The fraction of sp³-hybridized carbons (Fsp3) is 0.750. The molecule has 0 N–H and O–H groups in total. The third kappa shape index (κ3) is 2.72. The average Bonchev–Trinajstić information content (AvgIpc) is 3.11. The van der Waals surface area contributed by atoms with Crippen molar-refractivity contribution in [1.82, 2.24) is 14.2 Å². The van der Waals surface area contributed by atoms with Gasteiger partial charge in [0, 0.05) is 25.0 Å². The predicted molar refractivity (Wildman–Crippen MR) is 94.1 cm³/mol. The third-order valence-corrected chi connectivity index (χ3v) is 8.32. The molecule has 0 aliphatic carbocycles. The monoisotopic (exact) mass is 385 g/mol. The highest BCUT2D eigenvalue weighted by Gasteiger charge is 2.65. The summed E-state index contributed by atoms with van der Waals surface area (Å²) in [6, 6.07) is 0. The number of aryl methyl sites for hydroxylation is 1. The topological polar surface area (TPSA) is 79.8 Å². The molecule has 3 saturated heterocycles. The molecule has 4 rings (SSSR count). The van der Waals surface area contributed by atoms with Gasteiger partial charge in [-0.25, -0.2) is 13.4 Å². The number of amides is 1. The number of carbonyl (C=O) groups is 1. The summed E-state index contributed by atoms with van der Waals surface area (Å²) in [5, 5.41) is 2.07. The van der Waals surface area contributed by atoms with E-state index < -0.39 is 20.9 Å². The quantitative estimate of drug-likeness (QED) is 0.779. The second-order valence-corrected chi connectivity index (χ2v) is 10.9. The molecule has 0 radical (unpaired) electrons. The molecule has 4 heterocycles. The molecule has 1 spiro atoms. The summed E-state index contributed by atoms with van der Waals surface area (Å²) >= 11 is 1.44. The van der Waals surface area contributed by atoms with Crippen molar-refractivity contribution in [2.45, 2.75) is 44.1 Å². The highest BCUT2D eigenvalue weighted by Crippen LogP contribution is 2.46. The second kappa shape index (κ2) is 5.73. The molecule has 25 heavy (non-hydrogen) atoms. The van der Waals surface area contributed by atoms with E-state index >= 15 is 0 Å². The van der Waals surface area contributed by atoms with Crippen LogP contribution in [0, 0.1) is 12.8 Å². The minimum Gasteiger partial charge on any atom is -0.365 e. The molecular weight excluding hydrogens is 362 g/mol. The first kappa shape index (κ1) is 17.4. The van der Waals surface area contributed by atoms with Gasteiger partial charge in [0.25, 0.3) is 5.91 Å². The Morgan fingerprint density at radius 2 is 2.24 bits per heavy atom. The van der Waals surface area contributed by atoms with Crippen molar-refractivity contribution >= 4 is 27.3 Å². The van der Waals surface area contributed by atoms with Crippen molar-refractivity contribution in [3.63, 3.8) is 0 Å². The minimum absolute atomic E-state index is 0.127. The molecule has 1 aromatic heterocycles. The van der Waals surface area contributed by atoms with Crippen LogP contribution in [0.25, 0.3) is 0 Å². The molecule has 9 heteroatoms. The largest absolute Gasteiger partial charge is 0.365 e. The summed E-state index contributed by atoms with van der Waals surface area (Å²) in [5.74, 6) is 0.123. The molecule has 138 valence electrons. The van der Waals surface area contributed by atoms with E-state index in [0.717, 1.165) is 5.01 Å². The first-order chi connectivity index (χ1) is 11.7. The van der Waals surface area contributed by atoms with Crippen LogP contribution >= 0.6 is 11.3 Å². The minimum atomic E-state index is -3.38. The highest BCUT2D eigenvalue weighted by molar-refractivity contribution is 7.90. The zero-order valence-electron chi connectivity index (χ0n) is 14.6. The normalized spacial score (nSPS) is 33.8. The fourth-order valence-corrected chi connectivity index (χ4v) is 7.35. The molecule has 1 amide bonds. The number of hydrogen-bond acceptors (Lipinski definition) is 6. The lowest BCUT2D eigenvalue weighted by Gasteiger charge is -2.39. The summed E-state index contributed by atoms with van der Waals surface area (Å²) < 4.78 is 33.6. The van der Waals surface area contributed by atoms with E-state index in [1.165, 1.54) is 11.3 Å². The van der Waals surface area contributed by atoms with Crippen molar-refractivity contribution < 1.29 is 17.9 Å². The van der Waals surface area contributed by atoms with Crippen LogP contribution in [0.3, 0.4) is 0 Å². The Kier molecular flexibility index (Phi) is 3.99. The summed E-state index contributed by atoms with van der Waals surface area (Å²) in [4.78, 5) is 18.8. The van der Waals surface area contributed by atoms with Gasteiger partial charge in [-0.2, -0.15) is 4.31 Å². The Morgan fingerprint density at radius 1 is 1.48 bits per heavy atom. The van der Waals surface area contributed by atoms with Crippen molar-refractivity contribution in [1.29, 1.82) is 0 Å². The number of aromatic nitrogens is 1. The number of thiazole rings is 1. The number of ether oxygens (including phenoxy) is 1. The summed E-state index contributed by atoms with van der Waals surface area (Å²) in [7, 11) is -3.38. The average molecular weight is 386 g/mol. The maximum Gasteiger partial charge on any atom is 0.273 e. The van der Waals surface area contributed by atoms with Crippen LogP contribution < -0.4 is 0 Å². The van der Waals surface area contributed by atoms with E-state index in [2.05, 4.69) is 4.98 Å². The molecule has 3 aliphatic heterocycles. The Morgan fingerprint density at radius 3 is 2.88 bits per heavy atom. The molecule has 0 aromatic carbocycles. The van der Waals surface area contributed by atoms with E-state index in [1.54, 1.807) is 14.6 Å². The van der Waals surface area contributed by atoms with Gasteiger partial charge in [0.05, 0.1) is 17.7 Å². The van der Waals surface area contributed by atoms with Crippen LogP contribution in [0.5, 0.6) is 0 Å². The first-order valence-corrected chi connectivity index (χ1v) is 11.0. The number of hydrogen-bond donors (Lipinski definition) is 0. The molecule has 0 saturated carbocycles. The van der Waals surface area contributed by atoms with Gasteiger partial charge in [0.15, 0.2) is 0 Å². The maximum atomic E-state index is 12.9. The zero-order chi connectivity index (χ0) is 18.0. The van der Waals surface area contributed by atoms with E-state index in [-0.39, 0.29) is 17.9 Å². The van der Waals surface area contributed by atoms with E-state index in [9.17, 15) is 13.2 Å². The highest BCUT2D eigenvalue weighted by atomic mass is 32.2. The van der Waals surface area contributed by atoms with Gasteiger partial charge in [-0.3, -0.25) is 4.79 Å². The lowest BCUT2D eigenvalue weighted by molar-refractivity contribution is -0.0980. The number of fused-ring (bicyclic) bond motifs is 1. The van der Waals surface area contributed by atoms with Crippen LogP contribution in [-0.4, -0.2) is 71.6 Å². The number of sulfonamides is 1. The van der Waals surface area contributed by atoms with Gasteiger partial charge >= 0.3 is 0 Å². The molecule has 2 bridgehead atoms. The summed E-state index contributed by atoms with van der Waals surface area (Å²) in [6.07, 6.45) is 0.259. The molecule has 0 unspecified atom stereocenters. The maximum absolute atomic E-state index is 12.9. The zero-order valence-corrected chi connectivity index (χ0v) is 16.3. The van der Waals surface area contributed by atoms with Crippen LogP contribution in [0.1, 0.15) is 35.8 Å². The number of likely N-dealkylation sites (tertiary alicyclic amines) is 1. The molecular formula is C16H23N3O4S2. The second-order valence-electron chi connectivity index (χ2n) is 7.70. The Hall–Kier alpha value is -1.03. The van der Waals surface area contributed by atoms with E-state index in [4.69, 9.17) is 4.74 Å². The number of morpholine rings is 1. The van der Waals surface area contributed by atoms with Crippen molar-refractivity contribution in [2.24, 2.45) is 5.92 Å². The first-order valence-electron chi connectivity index (χ1n) is 8.59. The molecule has 3 fully saturated rings. The SMILES string of the molecule is Cc1nc(C(=O)N2C[C@H]3C[C@H]4[C@](C2)(CN(CC(C)C)S4(=O)=O)O3)cs1. The molecule has 3 atom stereocenters. The summed E-state index contributed by atoms with van der Waals surface area (Å²) in [6.45, 7) is 7.47. The van der Waals surface area contributed by atoms with Crippen LogP contribution in [0.2, 0.25) is 0 Å². The predicted octanol–water partition coefficient (Wildman–Crippen LogP) is 1.11. The molecule has 3 aliphatic rings. The lowest BCUT2D eigenvalue weighted by atomic mass is 9.99. The fourth-order valence-electron chi connectivity index (χ4n) is 4.30. The van der Waals surface area contributed by atoms with E-state index in [1.807, 2.05) is 20.8 Å². The molecule has 1 aromatic rings. The summed E-state index contributed by atoms with van der Waals surface area (Å²) in [5.41, 5.74) is -0.353. The van der Waals surface area contributed by atoms with Crippen LogP contribution in [0.4, 0.5) is 0 Å². The lowest BCUT2D eigenvalue weighted by Crippen LogP contribution is -2.56. The standard InChI is InChI=1S/C16H23N3O4S2/c1-10(2)5-19-9-16-8-18(15(20)13-7-24-11(3)17-13)6-12(23-16)4-14(16)25(19,21)22/h7,10,12,14H,4-6,8-9H2,1-3H3/t12-,14+,16+/m1/s1. The van der Waals surface area contributed by atoms with Gasteiger partial charge < -0.3 is 9.64 Å². The van der Waals surface area contributed by atoms with Crippen LogP contribution in [0.15, 0.2) is 5.38 Å². The third-order valence-electron chi connectivity index (χ3n) is 5.21. The number of carbonyl (C=O) groups excluding carboxylic acids is 1. The Labute approximate surface area is 152 Å². The molecule has 7 nitrogen and oxygen atoms in total.